The summed E-state index contributed by atoms with van der Waals surface area (Å²) >= 11 is 2.37. The first-order valence-corrected chi connectivity index (χ1v) is 11.3. The third-order valence-electron chi connectivity index (χ3n) is 3.97. The van der Waals surface area contributed by atoms with Gasteiger partial charge in [0.15, 0.2) is 13.3 Å². The van der Waals surface area contributed by atoms with Gasteiger partial charge in [0.1, 0.15) is 0 Å². The summed E-state index contributed by atoms with van der Waals surface area (Å²) in [6, 6.07) is 0. The molecule has 212 valence electrons. The zero-order chi connectivity index (χ0) is 28.4. The lowest BCUT2D eigenvalue weighted by Crippen LogP contribution is -2.59. The second kappa shape index (κ2) is 11.0. The number of halogens is 15. The summed E-state index contributed by atoms with van der Waals surface area (Å²) in [5.41, 5.74) is -2.99. The van der Waals surface area contributed by atoms with Crippen LogP contribution in [-0.4, -0.2) is 89.1 Å². The molecule has 0 aromatic carbocycles. The van der Waals surface area contributed by atoms with Gasteiger partial charge in [0.25, 0.3) is 10.1 Å². The van der Waals surface area contributed by atoms with Crippen LogP contribution >= 0.6 is 15.9 Å². The molecule has 0 saturated heterocycles. The maximum atomic E-state index is 13.6. The van der Waals surface area contributed by atoms with E-state index in [0.29, 0.717) is 0 Å². The molecule has 0 bridgehead atoms. The van der Waals surface area contributed by atoms with Crippen LogP contribution in [0.15, 0.2) is 0 Å². The molecule has 0 heterocycles. The highest BCUT2D eigenvalue weighted by molar-refractivity contribution is 9.09. The van der Waals surface area contributed by atoms with E-state index in [1.54, 1.807) is 0 Å². The fourth-order valence-corrected chi connectivity index (χ4v) is 2.68. The highest BCUT2D eigenvalue weighted by Gasteiger charge is 2.74. The van der Waals surface area contributed by atoms with Gasteiger partial charge in [-0.2, -0.15) is 61.1 Å². The lowest BCUT2D eigenvalue weighted by Gasteiger charge is -2.37. The van der Waals surface area contributed by atoms with Crippen LogP contribution in [-0.2, 0) is 23.8 Å². The van der Waals surface area contributed by atoms with Gasteiger partial charge in [0.05, 0.1) is 31.5 Å². The van der Waals surface area contributed by atoms with Crippen molar-refractivity contribution >= 4 is 26.0 Å². The predicted molar refractivity (Wildman–Crippen MR) is 90.6 cm³/mol. The van der Waals surface area contributed by atoms with Crippen LogP contribution in [0.5, 0.6) is 0 Å². The summed E-state index contributed by atoms with van der Waals surface area (Å²) in [6.07, 6.45) is -12.3. The Morgan fingerprint density at radius 1 is 0.657 bits per heavy atom. The molecule has 0 fully saturated rings. The van der Waals surface area contributed by atoms with Gasteiger partial charge in [-0.15, -0.1) is 0 Å². The monoisotopic (exact) mass is 640 g/mol. The van der Waals surface area contributed by atoms with Crippen LogP contribution in [0, 0.1) is 5.41 Å². The van der Waals surface area contributed by atoms with Crippen molar-refractivity contribution < 1.29 is 83.5 Å². The van der Waals surface area contributed by atoms with Gasteiger partial charge in [-0.05, 0) is 0 Å². The molecule has 0 atom stereocenters. The molecular formula is C14H15BrF14O5S. The van der Waals surface area contributed by atoms with E-state index in [4.69, 9.17) is 0 Å². The average molecular weight is 641 g/mol. The minimum Gasteiger partial charge on any atom is -0.315 e. The Morgan fingerprint density at radius 2 is 0.971 bits per heavy atom. The molecule has 0 radical (unpaired) electrons. The van der Waals surface area contributed by atoms with E-state index in [2.05, 4.69) is 29.6 Å². The largest absolute Gasteiger partial charge is 0.425 e. The molecule has 5 nitrogen and oxygen atoms in total. The molecule has 0 spiro atoms. The van der Waals surface area contributed by atoms with Gasteiger partial charge in [-0.1, -0.05) is 15.9 Å². The molecule has 0 unspecified atom stereocenters. The molecule has 0 saturated carbocycles. The summed E-state index contributed by atoms with van der Waals surface area (Å²) < 4.78 is 217. The van der Waals surface area contributed by atoms with Gasteiger partial charge in [0, 0.05) is 5.33 Å². The molecule has 0 N–H and O–H groups in total. The lowest BCUT2D eigenvalue weighted by molar-refractivity contribution is -0.413. The molecule has 0 rings (SSSR count). The summed E-state index contributed by atoms with van der Waals surface area (Å²) in [6.45, 7) is -12.8. The number of hydrogen-bond acceptors (Lipinski definition) is 5. The van der Waals surface area contributed by atoms with E-state index in [1.165, 1.54) is 0 Å². The minimum atomic E-state index is -6.59. The maximum Gasteiger partial charge on any atom is 0.425 e. The van der Waals surface area contributed by atoms with Crippen LogP contribution in [0.1, 0.15) is 0 Å². The van der Waals surface area contributed by atoms with E-state index in [0.717, 1.165) is 0 Å². The number of rotatable bonds is 16. The fourth-order valence-electron chi connectivity index (χ4n) is 1.74. The SMILES string of the molecule is CS(=O)(=O)OCC(CBr)(COC(F)(F)C(F)(F)C(F)(F)CF)COC(F)(F)C(F)(F)C(F)(F)CF. The molecule has 35 heavy (non-hydrogen) atoms. The van der Waals surface area contributed by atoms with E-state index in [1.807, 2.05) is 0 Å². The number of hydrogen-bond donors (Lipinski definition) is 0. The van der Waals surface area contributed by atoms with Gasteiger partial charge in [-0.3, -0.25) is 4.18 Å². The molecule has 0 aromatic rings. The van der Waals surface area contributed by atoms with Crippen molar-refractivity contribution in [2.24, 2.45) is 5.41 Å². The van der Waals surface area contributed by atoms with Crippen molar-refractivity contribution in [1.82, 2.24) is 0 Å². The molecule has 0 aromatic heterocycles. The molecule has 0 aliphatic carbocycles. The summed E-state index contributed by atoms with van der Waals surface area (Å²) in [7, 11) is -4.63. The average Bonchev–Trinajstić information content (AvgIpc) is 2.72. The van der Waals surface area contributed by atoms with Crippen LogP contribution in [0.4, 0.5) is 61.5 Å². The Morgan fingerprint density at radius 3 is 1.20 bits per heavy atom. The van der Waals surface area contributed by atoms with Gasteiger partial charge in [-0.25, -0.2) is 8.78 Å². The van der Waals surface area contributed by atoms with E-state index in [-0.39, 0.29) is 6.26 Å². The Balaban J connectivity index is 6.11. The topological polar surface area (TPSA) is 61.8 Å². The van der Waals surface area contributed by atoms with Crippen molar-refractivity contribution in [2.45, 2.75) is 35.9 Å². The second-order valence-electron chi connectivity index (χ2n) is 7.04. The zero-order valence-corrected chi connectivity index (χ0v) is 19.3. The highest BCUT2D eigenvalue weighted by Crippen LogP contribution is 2.49. The summed E-state index contributed by atoms with van der Waals surface area (Å²) in [4.78, 5) is 0. The molecule has 0 aliphatic rings. The minimum absolute atomic E-state index is 0.267. The van der Waals surface area contributed by atoms with Gasteiger partial charge in [0.2, 0.25) is 0 Å². The van der Waals surface area contributed by atoms with Crippen LogP contribution < -0.4 is 0 Å². The van der Waals surface area contributed by atoms with E-state index < -0.39 is 89.9 Å². The number of alkyl halides is 15. The van der Waals surface area contributed by atoms with Crippen LogP contribution in [0.2, 0.25) is 0 Å². The van der Waals surface area contributed by atoms with Crippen LogP contribution in [0.25, 0.3) is 0 Å². The summed E-state index contributed by atoms with van der Waals surface area (Å²) in [5.74, 6) is -25.3. The molecular weight excluding hydrogens is 626 g/mol. The van der Waals surface area contributed by atoms with Gasteiger partial charge < -0.3 is 9.47 Å². The quantitative estimate of drug-likeness (QED) is 0.134. The highest BCUT2D eigenvalue weighted by atomic mass is 79.9. The first kappa shape index (κ1) is 34.3. The Labute approximate surface area is 196 Å². The lowest BCUT2D eigenvalue weighted by atomic mass is 9.94. The van der Waals surface area contributed by atoms with Crippen LogP contribution in [0.3, 0.4) is 0 Å². The standard InChI is InChI=1S/C14H15BrF14O5S/c1-35(30,31)34-7-8(2-15,5-32-13(26,27)11(22,23)9(18,19)3-16)6-33-14(28,29)12(24,25)10(20,21)4-17/h2-7H2,1H3. The number of ether oxygens (including phenoxy) is 2. The third kappa shape index (κ3) is 7.67. The van der Waals surface area contributed by atoms with E-state index >= 15 is 0 Å². The van der Waals surface area contributed by atoms with Crippen molar-refractivity contribution in [3.63, 3.8) is 0 Å². The first-order valence-electron chi connectivity index (χ1n) is 8.37. The smallest absolute Gasteiger partial charge is 0.315 e. The third-order valence-corrected chi connectivity index (χ3v) is 5.70. The fraction of sp³-hybridized carbons (Fsp3) is 1.00. The summed E-state index contributed by atoms with van der Waals surface area (Å²) in [5, 5.41) is -1.20. The molecule has 0 aliphatic heterocycles. The van der Waals surface area contributed by atoms with Gasteiger partial charge >= 0.3 is 35.9 Å². The molecule has 21 heteroatoms. The zero-order valence-electron chi connectivity index (χ0n) is 16.9. The van der Waals surface area contributed by atoms with Crippen molar-refractivity contribution in [3.8, 4) is 0 Å². The normalized spacial score (nSPS) is 15.5. The Bertz CT molecular complexity index is 763. The van der Waals surface area contributed by atoms with Crippen molar-refractivity contribution in [3.05, 3.63) is 0 Å². The first-order chi connectivity index (χ1) is 15.3. The van der Waals surface area contributed by atoms with Crippen molar-refractivity contribution in [2.75, 3.05) is 44.8 Å². The van der Waals surface area contributed by atoms with Crippen molar-refractivity contribution in [1.29, 1.82) is 0 Å². The van der Waals surface area contributed by atoms with E-state index in [9.17, 15) is 69.9 Å². The Kier molecular flexibility index (Phi) is 10.8. The maximum absolute atomic E-state index is 13.6. The second-order valence-corrected chi connectivity index (χ2v) is 9.24. The predicted octanol–water partition coefficient (Wildman–Crippen LogP) is 5.04. The molecule has 0 amide bonds. The Hall–Kier alpha value is -0.670.